The van der Waals surface area contributed by atoms with Crippen molar-refractivity contribution in [1.82, 2.24) is 15.1 Å². The van der Waals surface area contributed by atoms with Crippen molar-refractivity contribution in [2.75, 3.05) is 24.5 Å². The van der Waals surface area contributed by atoms with Crippen molar-refractivity contribution < 1.29 is 23.6 Å². The number of piperazine rings is 1. The zero-order valence-electron chi connectivity index (χ0n) is 24.3. The number of nitrogens with one attached hydrogen (secondary N) is 1. The first kappa shape index (κ1) is 28.2. The number of imide groups is 2. The van der Waals surface area contributed by atoms with Gasteiger partial charge in [-0.2, -0.15) is 0 Å². The van der Waals surface area contributed by atoms with Crippen LogP contribution < -0.4 is 10.2 Å². The molecule has 2 aromatic carbocycles. The van der Waals surface area contributed by atoms with Gasteiger partial charge < -0.3 is 4.90 Å². The summed E-state index contributed by atoms with van der Waals surface area (Å²) < 4.78 is 15.6. The van der Waals surface area contributed by atoms with Crippen molar-refractivity contribution in [3.63, 3.8) is 0 Å². The molecule has 4 saturated heterocycles. The Kier molecular flexibility index (Phi) is 6.74. The SMILES string of the molecule is CC1(C)CCC(CN2CC3CC(C2)N3c2cc3c(cc2F)C(=O)N(C2CCC(=O)NC2=O)C3=O)=C(c2ccc(Cl)cc2)C1. The maximum absolute atomic E-state index is 15.6. The molecule has 8 nitrogen and oxygen atoms in total. The third-order valence-electron chi connectivity index (χ3n) is 9.85. The Morgan fingerprint density at radius 2 is 1.65 bits per heavy atom. The van der Waals surface area contributed by atoms with Gasteiger partial charge in [0.05, 0.1) is 16.8 Å². The molecule has 4 amide bonds. The normalized spacial score (nSPS) is 26.9. The Morgan fingerprint density at radius 1 is 0.977 bits per heavy atom. The van der Waals surface area contributed by atoms with Crippen LogP contribution in [0, 0.1) is 11.2 Å². The number of hydrogen-bond donors (Lipinski definition) is 1. The Balaban J connectivity index is 1.09. The predicted octanol–water partition coefficient (Wildman–Crippen LogP) is 4.81. The van der Waals surface area contributed by atoms with Crippen LogP contribution in [0.25, 0.3) is 5.57 Å². The number of carbonyl (C=O) groups excluding carboxylic acids is 4. The minimum Gasteiger partial charge on any atom is -0.360 e. The van der Waals surface area contributed by atoms with Crippen LogP contribution in [0.4, 0.5) is 10.1 Å². The number of fused-ring (bicyclic) bond motifs is 3. The van der Waals surface area contributed by atoms with Gasteiger partial charge in [-0.25, -0.2) is 4.39 Å². The van der Waals surface area contributed by atoms with Crippen LogP contribution in [0.2, 0.25) is 5.02 Å². The van der Waals surface area contributed by atoms with Crippen LogP contribution in [0.15, 0.2) is 42.0 Å². The summed E-state index contributed by atoms with van der Waals surface area (Å²) >= 11 is 6.17. The molecule has 224 valence electrons. The summed E-state index contributed by atoms with van der Waals surface area (Å²) in [6.45, 7) is 7.07. The zero-order valence-corrected chi connectivity index (χ0v) is 25.0. The Morgan fingerprint density at radius 3 is 2.33 bits per heavy atom. The fraction of sp³-hybridized carbons (Fsp3) is 0.455. The monoisotopic (exact) mass is 604 g/mol. The average molecular weight is 605 g/mol. The molecule has 6 aliphatic rings. The van der Waals surface area contributed by atoms with Gasteiger partial charge in [-0.1, -0.05) is 43.2 Å². The van der Waals surface area contributed by atoms with Crippen molar-refractivity contribution in [1.29, 1.82) is 0 Å². The van der Waals surface area contributed by atoms with E-state index in [9.17, 15) is 19.2 Å². The number of allylic oxidation sites excluding steroid dienone is 1. The van der Waals surface area contributed by atoms with Gasteiger partial charge in [0.25, 0.3) is 11.8 Å². The molecule has 1 aliphatic carbocycles. The highest BCUT2D eigenvalue weighted by atomic mass is 35.5. The van der Waals surface area contributed by atoms with Crippen LogP contribution in [0.3, 0.4) is 0 Å². The lowest BCUT2D eigenvalue weighted by Gasteiger charge is -2.58. The molecule has 2 aromatic rings. The van der Waals surface area contributed by atoms with Gasteiger partial charge in [0.2, 0.25) is 11.8 Å². The van der Waals surface area contributed by atoms with E-state index < -0.39 is 35.5 Å². The van der Waals surface area contributed by atoms with Crippen molar-refractivity contribution >= 4 is 46.5 Å². The average Bonchev–Trinajstić information content (AvgIpc) is 3.19. The topological polar surface area (TPSA) is 90.0 Å². The molecule has 0 radical (unpaired) electrons. The first-order valence-corrected chi connectivity index (χ1v) is 15.4. The number of nitrogens with zero attached hydrogens (tertiary/aromatic N) is 3. The van der Waals surface area contributed by atoms with E-state index in [-0.39, 0.29) is 41.5 Å². The molecular weight excluding hydrogens is 571 g/mol. The second-order valence-electron chi connectivity index (χ2n) is 13.4. The summed E-state index contributed by atoms with van der Waals surface area (Å²) in [5.41, 5.74) is 4.71. The summed E-state index contributed by atoms with van der Waals surface area (Å²) in [4.78, 5) is 55.8. The highest BCUT2D eigenvalue weighted by molar-refractivity contribution is 6.30. The number of rotatable bonds is 5. The number of carbonyl (C=O) groups is 4. The number of piperidine rings is 2. The maximum Gasteiger partial charge on any atom is 0.262 e. The minimum atomic E-state index is -1.08. The third kappa shape index (κ3) is 4.86. The van der Waals surface area contributed by atoms with Gasteiger partial charge in [-0.05, 0) is 72.9 Å². The lowest BCUT2D eigenvalue weighted by atomic mass is 9.72. The van der Waals surface area contributed by atoms with Crippen LogP contribution in [0.1, 0.15) is 78.7 Å². The standard InChI is InChI=1S/C33H34ClFN4O4/c1-33(2)10-9-19(25(14-33)18-3-5-20(34)6-4-18)15-37-16-21-11-22(17-37)38(21)28-13-24-23(12-26(28)35)31(42)39(32(24)43)27-7-8-29(40)36-30(27)41/h3-6,12-13,21-22,27H,7-11,14-17H2,1-2H3,(H,36,40,41). The van der Waals surface area contributed by atoms with Crippen molar-refractivity contribution in [2.24, 2.45) is 5.41 Å². The Hall–Kier alpha value is -3.56. The van der Waals surface area contributed by atoms with Crippen molar-refractivity contribution in [2.45, 2.75) is 70.5 Å². The first-order chi connectivity index (χ1) is 20.5. The molecule has 5 aliphatic heterocycles. The van der Waals surface area contributed by atoms with Gasteiger partial charge in [0.15, 0.2) is 0 Å². The van der Waals surface area contributed by atoms with E-state index in [1.54, 1.807) is 0 Å². The second-order valence-corrected chi connectivity index (χ2v) is 13.8. The van der Waals surface area contributed by atoms with Crippen LogP contribution >= 0.6 is 11.6 Å². The molecule has 8 rings (SSSR count). The Labute approximate surface area is 254 Å². The second kappa shape index (κ2) is 10.3. The maximum atomic E-state index is 15.6. The molecule has 0 aromatic heterocycles. The molecule has 3 atom stereocenters. The van der Waals surface area contributed by atoms with Crippen molar-refractivity contribution in [3.05, 3.63) is 69.5 Å². The van der Waals surface area contributed by atoms with Gasteiger partial charge in [-0.3, -0.25) is 34.3 Å². The lowest BCUT2D eigenvalue weighted by Crippen LogP contribution is -2.69. The lowest BCUT2D eigenvalue weighted by molar-refractivity contribution is -0.136. The van der Waals surface area contributed by atoms with E-state index in [1.807, 2.05) is 12.1 Å². The fourth-order valence-corrected chi connectivity index (χ4v) is 7.76. The molecular formula is C33H34ClFN4O4. The minimum absolute atomic E-state index is 0.0346. The molecule has 0 saturated carbocycles. The Bertz CT molecular complexity index is 1590. The molecule has 5 heterocycles. The van der Waals surface area contributed by atoms with Crippen LogP contribution in [0.5, 0.6) is 0 Å². The van der Waals surface area contributed by atoms with E-state index >= 15 is 4.39 Å². The van der Waals surface area contributed by atoms with E-state index in [0.717, 1.165) is 61.3 Å². The number of amides is 4. The quantitative estimate of drug-likeness (QED) is 0.493. The smallest absolute Gasteiger partial charge is 0.262 e. The molecule has 4 fully saturated rings. The van der Waals surface area contributed by atoms with Gasteiger partial charge in [0, 0.05) is 43.2 Å². The number of anilines is 1. The first-order valence-electron chi connectivity index (χ1n) is 15.0. The third-order valence-corrected chi connectivity index (χ3v) is 10.1. The molecule has 43 heavy (non-hydrogen) atoms. The molecule has 1 N–H and O–H groups in total. The number of benzene rings is 2. The molecule has 2 bridgehead atoms. The zero-order chi connectivity index (χ0) is 30.2. The van der Waals surface area contributed by atoms with E-state index in [4.69, 9.17) is 11.6 Å². The van der Waals surface area contributed by atoms with E-state index in [1.165, 1.54) is 22.8 Å². The predicted molar refractivity (Wildman–Crippen MR) is 160 cm³/mol. The van der Waals surface area contributed by atoms with E-state index in [2.05, 4.69) is 41.1 Å². The van der Waals surface area contributed by atoms with Gasteiger partial charge >= 0.3 is 0 Å². The summed E-state index contributed by atoms with van der Waals surface area (Å²) in [5.74, 6) is -2.98. The summed E-state index contributed by atoms with van der Waals surface area (Å²) in [6, 6.07) is 9.86. The molecule has 3 unspecified atom stereocenters. The van der Waals surface area contributed by atoms with Crippen LogP contribution in [-0.2, 0) is 9.59 Å². The highest BCUT2D eigenvalue weighted by Crippen LogP contribution is 2.45. The summed E-state index contributed by atoms with van der Waals surface area (Å²) in [5, 5.41) is 2.92. The number of halogens is 2. The largest absolute Gasteiger partial charge is 0.360 e. The highest BCUT2D eigenvalue weighted by Gasteiger charge is 2.49. The van der Waals surface area contributed by atoms with E-state index in [0.29, 0.717) is 5.69 Å². The van der Waals surface area contributed by atoms with Gasteiger partial charge in [-0.15, -0.1) is 0 Å². The van der Waals surface area contributed by atoms with Gasteiger partial charge in [0.1, 0.15) is 11.9 Å². The fourth-order valence-electron chi connectivity index (χ4n) is 7.63. The summed E-state index contributed by atoms with van der Waals surface area (Å²) in [7, 11) is 0. The van der Waals surface area contributed by atoms with Crippen molar-refractivity contribution in [3.8, 4) is 0 Å². The van der Waals surface area contributed by atoms with Crippen LogP contribution in [-0.4, -0.2) is 71.2 Å². The summed E-state index contributed by atoms with van der Waals surface area (Å²) in [6.07, 6.45) is 4.23. The number of hydrogen-bond acceptors (Lipinski definition) is 6. The molecule has 0 spiro atoms. The molecule has 10 heteroatoms.